The number of carbonyl (C=O) groups excluding carboxylic acids is 1. The maximum atomic E-state index is 13.5. The summed E-state index contributed by atoms with van der Waals surface area (Å²) in [5.41, 5.74) is 1.57. The fourth-order valence-corrected chi connectivity index (χ4v) is 2.48. The van der Waals surface area contributed by atoms with Gasteiger partial charge in [-0.15, -0.1) is 0 Å². The molecule has 0 fully saturated rings. The van der Waals surface area contributed by atoms with Gasteiger partial charge in [-0.1, -0.05) is 35.5 Å². The van der Waals surface area contributed by atoms with Gasteiger partial charge in [-0.3, -0.25) is 4.79 Å². The third-order valence-corrected chi connectivity index (χ3v) is 4.35. The highest BCUT2D eigenvalue weighted by atomic mass is 127. The number of nitrogens with one attached hydrogen (secondary N) is 1. The quantitative estimate of drug-likeness (QED) is 0.599. The predicted octanol–water partition coefficient (Wildman–Crippen LogP) is 3.70. The summed E-state index contributed by atoms with van der Waals surface area (Å²) in [5, 5.41) is 6.35. The Bertz CT molecular complexity index is 758. The molecule has 7 heteroatoms. The highest BCUT2D eigenvalue weighted by molar-refractivity contribution is 14.1. The highest BCUT2D eigenvalue weighted by Gasteiger charge is 2.29. The van der Waals surface area contributed by atoms with Crippen molar-refractivity contribution in [2.75, 3.05) is 5.32 Å². The van der Waals surface area contributed by atoms with Crippen molar-refractivity contribution in [2.24, 2.45) is 5.16 Å². The Morgan fingerprint density at radius 2 is 1.87 bits per heavy atom. The number of benzene rings is 2. The third-order valence-electron chi connectivity index (χ3n) is 3.32. The first-order chi connectivity index (χ1) is 11.0. The Balaban J connectivity index is 1.67. The number of anilines is 1. The second kappa shape index (κ2) is 6.61. The van der Waals surface area contributed by atoms with Crippen molar-refractivity contribution in [3.8, 4) is 0 Å². The van der Waals surface area contributed by atoms with Gasteiger partial charge in [0.1, 0.15) is 11.6 Å². The summed E-state index contributed by atoms with van der Waals surface area (Å²) >= 11 is 1.56. The molecule has 23 heavy (non-hydrogen) atoms. The van der Waals surface area contributed by atoms with Gasteiger partial charge in [0.05, 0.1) is 9.28 Å². The zero-order valence-electron chi connectivity index (χ0n) is 11.7. The Kier molecular flexibility index (Phi) is 4.56. The molecule has 0 saturated carbocycles. The van der Waals surface area contributed by atoms with E-state index in [1.165, 1.54) is 0 Å². The van der Waals surface area contributed by atoms with E-state index in [-0.39, 0.29) is 9.26 Å². The second-order valence-electron chi connectivity index (χ2n) is 4.95. The first-order valence-corrected chi connectivity index (χ1v) is 7.86. The van der Waals surface area contributed by atoms with Crippen LogP contribution >= 0.6 is 22.6 Å². The predicted molar refractivity (Wildman–Crippen MR) is 90.2 cm³/mol. The lowest BCUT2D eigenvalue weighted by atomic mass is 10.0. The molecule has 3 rings (SSSR count). The van der Waals surface area contributed by atoms with E-state index < -0.39 is 23.6 Å². The van der Waals surface area contributed by atoms with E-state index in [2.05, 4.69) is 10.5 Å². The third kappa shape index (κ3) is 3.49. The van der Waals surface area contributed by atoms with Crippen LogP contribution < -0.4 is 5.32 Å². The molecule has 118 valence electrons. The number of oxime groups is 1. The number of nitrogens with zero attached hydrogens (tertiary/aromatic N) is 1. The maximum absolute atomic E-state index is 13.5. The largest absolute Gasteiger partial charge is 0.382 e. The van der Waals surface area contributed by atoms with Crippen molar-refractivity contribution >= 4 is 39.9 Å². The summed E-state index contributed by atoms with van der Waals surface area (Å²) in [6.07, 6.45) is -0.527. The maximum Gasteiger partial charge on any atom is 0.268 e. The van der Waals surface area contributed by atoms with Gasteiger partial charge in [-0.2, -0.15) is 0 Å². The summed E-state index contributed by atoms with van der Waals surface area (Å²) in [5.74, 6) is -1.95. The lowest BCUT2D eigenvalue weighted by Crippen LogP contribution is -2.28. The van der Waals surface area contributed by atoms with E-state index in [4.69, 9.17) is 4.84 Å². The minimum absolute atomic E-state index is 0.0437. The van der Waals surface area contributed by atoms with Gasteiger partial charge in [0.25, 0.3) is 5.91 Å². The van der Waals surface area contributed by atoms with Gasteiger partial charge in [0, 0.05) is 12.1 Å². The Morgan fingerprint density at radius 1 is 1.22 bits per heavy atom. The van der Waals surface area contributed by atoms with Crippen molar-refractivity contribution in [1.82, 2.24) is 0 Å². The van der Waals surface area contributed by atoms with Gasteiger partial charge < -0.3 is 10.2 Å². The second-order valence-corrected chi connectivity index (χ2v) is 6.02. The fraction of sp³-hybridized carbons (Fsp3) is 0.125. The number of amides is 1. The van der Waals surface area contributed by atoms with Crippen LogP contribution in [0.1, 0.15) is 12.0 Å². The van der Waals surface area contributed by atoms with Crippen molar-refractivity contribution in [1.29, 1.82) is 0 Å². The minimum atomic E-state index is -0.824. The van der Waals surface area contributed by atoms with Crippen molar-refractivity contribution in [2.45, 2.75) is 12.5 Å². The van der Waals surface area contributed by atoms with Crippen LogP contribution in [0.15, 0.2) is 47.6 Å². The average molecular weight is 428 g/mol. The molecule has 1 unspecified atom stereocenters. The molecule has 1 N–H and O–H groups in total. The van der Waals surface area contributed by atoms with Gasteiger partial charge in [0.2, 0.25) is 6.10 Å². The molecule has 0 aliphatic carbocycles. The fourth-order valence-electron chi connectivity index (χ4n) is 2.17. The number of carbonyl (C=O) groups is 1. The van der Waals surface area contributed by atoms with Crippen LogP contribution in [-0.2, 0) is 9.63 Å². The van der Waals surface area contributed by atoms with E-state index in [1.54, 1.807) is 22.6 Å². The van der Waals surface area contributed by atoms with Crippen LogP contribution in [0.4, 0.5) is 14.5 Å². The topological polar surface area (TPSA) is 50.7 Å². The van der Waals surface area contributed by atoms with Gasteiger partial charge in [-0.25, -0.2) is 8.78 Å². The summed E-state index contributed by atoms with van der Waals surface area (Å²) in [6, 6.07) is 11.5. The molecule has 0 saturated heterocycles. The minimum Gasteiger partial charge on any atom is -0.382 e. The molecule has 1 amide bonds. The van der Waals surface area contributed by atoms with Crippen LogP contribution in [0.2, 0.25) is 0 Å². The van der Waals surface area contributed by atoms with Crippen LogP contribution in [0.5, 0.6) is 0 Å². The molecule has 1 atom stereocenters. The van der Waals surface area contributed by atoms with Crippen molar-refractivity contribution in [3.63, 3.8) is 0 Å². The van der Waals surface area contributed by atoms with Gasteiger partial charge in [-0.05, 0) is 40.3 Å². The average Bonchev–Trinajstić information content (AvgIpc) is 3.03. The van der Waals surface area contributed by atoms with E-state index >= 15 is 0 Å². The van der Waals surface area contributed by atoms with E-state index in [0.29, 0.717) is 12.1 Å². The van der Waals surface area contributed by atoms with Crippen LogP contribution in [0.3, 0.4) is 0 Å². The SMILES string of the molecule is O=C(Nc1cc(F)c(I)c(F)c1)C1CC(c2ccccc2)=NO1. The van der Waals surface area contributed by atoms with Crippen LogP contribution in [0.25, 0.3) is 0 Å². The number of rotatable bonds is 3. The molecule has 0 radical (unpaired) electrons. The summed E-state index contributed by atoms with van der Waals surface area (Å²) in [4.78, 5) is 17.3. The van der Waals surface area contributed by atoms with Gasteiger partial charge >= 0.3 is 0 Å². The molecule has 2 aromatic rings. The normalized spacial score (nSPS) is 16.7. The molecule has 0 bridgehead atoms. The Hall–Kier alpha value is -2.03. The number of hydrogen-bond donors (Lipinski definition) is 1. The lowest BCUT2D eigenvalue weighted by Gasteiger charge is -2.10. The first kappa shape index (κ1) is 15.9. The van der Waals surface area contributed by atoms with E-state index in [9.17, 15) is 13.6 Å². The number of halogens is 3. The molecule has 0 spiro atoms. The standard InChI is InChI=1S/C16H11F2IN2O2/c17-11-6-10(7-12(18)15(11)19)20-16(22)14-8-13(21-23-14)9-4-2-1-3-5-9/h1-7,14H,8H2,(H,20,22). The molecular formula is C16H11F2IN2O2. The smallest absolute Gasteiger partial charge is 0.268 e. The summed E-state index contributed by atoms with van der Waals surface area (Å²) in [7, 11) is 0. The molecule has 2 aromatic carbocycles. The molecule has 0 aromatic heterocycles. The van der Waals surface area contributed by atoms with Crippen molar-refractivity contribution < 1.29 is 18.4 Å². The zero-order valence-corrected chi connectivity index (χ0v) is 13.9. The highest BCUT2D eigenvalue weighted by Crippen LogP contribution is 2.22. The summed E-state index contributed by atoms with van der Waals surface area (Å²) in [6.45, 7) is 0. The van der Waals surface area contributed by atoms with Crippen LogP contribution in [-0.4, -0.2) is 17.7 Å². The first-order valence-electron chi connectivity index (χ1n) is 6.78. The van der Waals surface area contributed by atoms with E-state index in [0.717, 1.165) is 17.7 Å². The van der Waals surface area contributed by atoms with Crippen molar-refractivity contribution in [3.05, 3.63) is 63.2 Å². The summed E-state index contributed by atoms with van der Waals surface area (Å²) < 4.78 is 26.9. The van der Waals surface area contributed by atoms with Crippen LogP contribution in [0, 0.1) is 15.2 Å². The van der Waals surface area contributed by atoms with E-state index in [1.807, 2.05) is 30.3 Å². The molecule has 1 aliphatic heterocycles. The molecule has 1 heterocycles. The molecular weight excluding hydrogens is 417 g/mol. The van der Waals surface area contributed by atoms with Gasteiger partial charge in [0.15, 0.2) is 0 Å². The lowest BCUT2D eigenvalue weighted by molar-refractivity contribution is -0.125. The Labute approximate surface area is 144 Å². The molecule has 4 nitrogen and oxygen atoms in total. The number of hydrogen-bond acceptors (Lipinski definition) is 3. The molecule has 1 aliphatic rings. The monoisotopic (exact) mass is 428 g/mol. The Morgan fingerprint density at radius 3 is 2.52 bits per heavy atom. The zero-order chi connectivity index (χ0) is 16.4.